The molecule has 2 aliphatic heterocycles. The monoisotopic (exact) mass is 465 g/mol. The third kappa shape index (κ3) is 5.16. The number of likely N-dealkylation sites (tertiary alicyclic amines) is 1. The van der Waals surface area contributed by atoms with Gasteiger partial charge in [-0.2, -0.15) is 0 Å². The first-order chi connectivity index (χ1) is 16.2. The number of nitrogens with one attached hydrogen (secondary N) is 2. The van der Waals surface area contributed by atoms with Crippen LogP contribution in [-0.2, 0) is 9.53 Å². The lowest BCUT2D eigenvalue weighted by Crippen LogP contribution is -2.41. The van der Waals surface area contributed by atoms with Crippen molar-refractivity contribution in [3.63, 3.8) is 0 Å². The SMILES string of the molecule is O=C(CN1CCOCC1)Nc1ccc(-c2nc(-c3c[nH]c(C(=O)N4CCCC4)c3)cs2)cc1. The highest BCUT2D eigenvalue weighted by molar-refractivity contribution is 7.13. The number of hydrogen-bond donors (Lipinski definition) is 2. The molecule has 1 aromatic carbocycles. The molecule has 9 heteroatoms. The first-order valence-electron chi connectivity index (χ1n) is 11.3. The highest BCUT2D eigenvalue weighted by Crippen LogP contribution is 2.30. The Hall–Kier alpha value is -3.01. The molecule has 2 amide bonds. The van der Waals surface area contributed by atoms with E-state index < -0.39 is 0 Å². The van der Waals surface area contributed by atoms with Crippen molar-refractivity contribution in [2.75, 3.05) is 51.3 Å². The summed E-state index contributed by atoms with van der Waals surface area (Å²) in [5, 5.41) is 5.85. The van der Waals surface area contributed by atoms with Crippen molar-refractivity contribution in [3.8, 4) is 21.8 Å². The number of H-pyrrole nitrogens is 1. The van der Waals surface area contributed by atoms with Gasteiger partial charge in [0.15, 0.2) is 0 Å². The van der Waals surface area contributed by atoms with E-state index in [-0.39, 0.29) is 11.8 Å². The predicted octanol–water partition coefficient (Wildman–Crippen LogP) is 3.31. The second kappa shape index (κ2) is 9.86. The van der Waals surface area contributed by atoms with E-state index in [9.17, 15) is 9.59 Å². The van der Waals surface area contributed by atoms with Gasteiger partial charge in [-0.3, -0.25) is 14.5 Å². The molecule has 2 saturated heterocycles. The Morgan fingerprint density at radius 2 is 1.82 bits per heavy atom. The summed E-state index contributed by atoms with van der Waals surface area (Å²) in [7, 11) is 0. The van der Waals surface area contributed by atoms with Gasteiger partial charge in [0.2, 0.25) is 5.91 Å². The van der Waals surface area contributed by atoms with Crippen LogP contribution in [0.15, 0.2) is 41.9 Å². The molecule has 0 bridgehead atoms. The van der Waals surface area contributed by atoms with Crippen LogP contribution in [0.2, 0.25) is 0 Å². The molecule has 4 heterocycles. The van der Waals surface area contributed by atoms with E-state index in [2.05, 4.69) is 15.2 Å². The largest absolute Gasteiger partial charge is 0.379 e. The lowest BCUT2D eigenvalue weighted by Gasteiger charge is -2.25. The molecule has 0 aliphatic carbocycles. The number of nitrogens with zero attached hydrogens (tertiary/aromatic N) is 3. The van der Waals surface area contributed by atoms with Gasteiger partial charge in [-0.15, -0.1) is 11.3 Å². The predicted molar refractivity (Wildman–Crippen MR) is 128 cm³/mol. The molecule has 2 aromatic heterocycles. The van der Waals surface area contributed by atoms with Crippen LogP contribution in [0.1, 0.15) is 23.3 Å². The molecule has 2 aliphatic rings. The Balaban J connectivity index is 1.21. The number of aromatic amines is 1. The highest BCUT2D eigenvalue weighted by atomic mass is 32.1. The van der Waals surface area contributed by atoms with E-state index in [1.165, 1.54) is 0 Å². The number of aromatic nitrogens is 2. The third-order valence-corrected chi connectivity index (χ3v) is 6.88. The molecular weight excluding hydrogens is 438 g/mol. The zero-order valence-electron chi connectivity index (χ0n) is 18.4. The van der Waals surface area contributed by atoms with E-state index in [0.717, 1.165) is 66.5 Å². The second-order valence-electron chi connectivity index (χ2n) is 8.35. The third-order valence-electron chi connectivity index (χ3n) is 5.99. The summed E-state index contributed by atoms with van der Waals surface area (Å²) in [4.78, 5) is 36.7. The second-order valence-corrected chi connectivity index (χ2v) is 9.21. The molecule has 3 aromatic rings. The van der Waals surface area contributed by atoms with Crippen molar-refractivity contribution >= 4 is 28.8 Å². The van der Waals surface area contributed by atoms with Crippen molar-refractivity contribution in [1.29, 1.82) is 0 Å². The smallest absolute Gasteiger partial charge is 0.270 e. The van der Waals surface area contributed by atoms with Crippen LogP contribution in [0.25, 0.3) is 21.8 Å². The molecule has 0 unspecified atom stereocenters. The van der Waals surface area contributed by atoms with Crippen molar-refractivity contribution in [2.24, 2.45) is 0 Å². The minimum absolute atomic E-state index is 0.0204. The molecule has 0 radical (unpaired) electrons. The van der Waals surface area contributed by atoms with Gasteiger partial charge in [0.05, 0.1) is 25.5 Å². The topological polar surface area (TPSA) is 90.6 Å². The number of amides is 2. The first-order valence-corrected chi connectivity index (χ1v) is 12.2. The minimum Gasteiger partial charge on any atom is -0.379 e. The van der Waals surface area contributed by atoms with Crippen LogP contribution in [-0.4, -0.2) is 77.5 Å². The molecule has 8 nitrogen and oxygen atoms in total. The zero-order chi connectivity index (χ0) is 22.6. The molecule has 2 fully saturated rings. The summed E-state index contributed by atoms with van der Waals surface area (Å²) < 4.78 is 5.32. The van der Waals surface area contributed by atoms with Crippen LogP contribution >= 0.6 is 11.3 Å². The fourth-order valence-electron chi connectivity index (χ4n) is 4.15. The lowest BCUT2D eigenvalue weighted by atomic mass is 10.2. The molecule has 0 saturated carbocycles. The number of carbonyl (C=O) groups excluding carboxylic acids is 2. The van der Waals surface area contributed by atoms with Crippen LogP contribution < -0.4 is 5.32 Å². The number of hydrogen-bond acceptors (Lipinski definition) is 6. The van der Waals surface area contributed by atoms with Crippen molar-refractivity contribution in [1.82, 2.24) is 19.8 Å². The summed E-state index contributed by atoms with van der Waals surface area (Å²) >= 11 is 1.56. The zero-order valence-corrected chi connectivity index (χ0v) is 19.2. The number of rotatable bonds is 6. The summed E-state index contributed by atoms with van der Waals surface area (Å²) in [6.07, 6.45) is 3.99. The van der Waals surface area contributed by atoms with Crippen molar-refractivity contribution in [2.45, 2.75) is 12.8 Å². The number of ether oxygens (including phenoxy) is 1. The van der Waals surface area contributed by atoms with Crippen molar-refractivity contribution in [3.05, 3.63) is 47.6 Å². The van der Waals surface area contributed by atoms with Crippen LogP contribution in [0, 0.1) is 0 Å². The van der Waals surface area contributed by atoms with E-state index >= 15 is 0 Å². The van der Waals surface area contributed by atoms with Crippen LogP contribution in [0.3, 0.4) is 0 Å². The van der Waals surface area contributed by atoms with E-state index in [4.69, 9.17) is 9.72 Å². The normalized spacial score (nSPS) is 16.8. The number of carbonyl (C=O) groups is 2. The van der Waals surface area contributed by atoms with Gasteiger partial charge in [-0.1, -0.05) is 0 Å². The minimum atomic E-state index is -0.0204. The number of benzene rings is 1. The molecular formula is C24H27N5O3S. The van der Waals surface area contributed by atoms with Gasteiger partial charge >= 0.3 is 0 Å². The van der Waals surface area contributed by atoms with Crippen LogP contribution in [0.5, 0.6) is 0 Å². The van der Waals surface area contributed by atoms with E-state index in [1.54, 1.807) is 11.3 Å². The summed E-state index contributed by atoms with van der Waals surface area (Å²) in [5.74, 6) is 0.0355. The van der Waals surface area contributed by atoms with Gasteiger partial charge in [-0.05, 0) is 43.2 Å². The standard InChI is InChI=1S/C24H27N5O3S/c30-22(15-28-9-11-32-12-10-28)26-19-5-3-17(4-6-19)23-27-21(16-33-23)18-13-20(25-14-18)24(31)29-7-1-2-8-29/h3-6,13-14,16,25H,1-2,7-12,15H2,(H,26,30). The first kappa shape index (κ1) is 21.8. The average Bonchev–Trinajstić information content (AvgIpc) is 3.61. The van der Waals surface area contributed by atoms with E-state index in [0.29, 0.717) is 25.5 Å². The molecule has 0 atom stereocenters. The van der Waals surface area contributed by atoms with Crippen molar-refractivity contribution < 1.29 is 14.3 Å². The van der Waals surface area contributed by atoms with Gasteiger partial charge in [0, 0.05) is 54.6 Å². The molecule has 2 N–H and O–H groups in total. The molecule has 0 spiro atoms. The molecule has 172 valence electrons. The Labute approximate surface area is 196 Å². The Bertz CT molecular complexity index is 1110. The van der Waals surface area contributed by atoms with Gasteiger partial charge < -0.3 is 19.9 Å². The number of thiazole rings is 1. The fourth-order valence-corrected chi connectivity index (χ4v) is 4.99. The van der Waals surface area contributed by atoms with Gasteiger partial charge in [0.25, 0.3) is 5.91 Å². The number of morpholine rings is 1. The van der Waals surface area contributed by atoms with Gasteiger partial charge in [0.1, 0.15) is 10.7 Å². The summed E-state index contributed by atoms with van der Waals surface area (Å²) in [5.41, 5.74) is 4.12. The highest BCUT2D eigenvalue weighted by Gasteiger charge is 2.21. The molecule has 5 rings (SSSR count). The summed E-state index contributed by atoms with van der Waals surface area (Å²) in [6.45, 7) is 4.96. The van der Waals surface area contributed by atoms with E-state index in [1.807, 2.05) is 46.8 Å². The Kier molecular flexibility index (Phi) is 6.52. The molecule has 33 heavy (non-hydrogen) atoms. The quantitative estimate of drug-likeness (QED) is 0.583. The maximum absolute atomic E-state index is 12.6. The maximum atomic E-state index is 12.6. The Morgan fingerprint density at radius 3 is 2.58 bits per heavy atom. The maximum Gasteiger partial charge on any atom is 0.270 e. The Morgan fingerprint density at radius 1 is 1.06 bits per heavy atom. The summed E-state index contributed by atoms with van der Waals surface area (Å²) in [6, 6.07) is 9.61. The van der Waals surface area contributed by atoms with Gasteiger partial charge in [-0.25, -0.2) is 4.98 Å². The number of anilines is 1. The lowest BCUT2D eigenvalue weighted by molar-refractivity contribution is -0.118. The fraction of sp³-hybridized carbons (Fsp3) is 0.375. The van der Waals surface area contributed by atoms with Crippen LogP contribution in [0.4, 0.5) is 5.69 Å². The average molecular weight is 466 g/mol.